The first-order chi connectivity index (χ1) is 10.8. The maximum Gasteiger partial charge on any atom is 0.254 e. The minimum atomic E-state index is -0.878. The van der Waals surface area contributed by atoms with E-state index in [4.69, 9.17) is 0 Å². The molecule has 124 valence electrons. The van der Waals surface area contributed by atoms with Gasteiger partial charge < -0.3 is 9.47 Å². The number of hydrogen-bond donors (Lipinski definition) is 0. The summed E-state index contributed by atoms with van der Waals surface area (Å²) in [5.41, 5.74) is 2.52. The molecule has 1 fully saturated rings. The van der Waals surface area contributed by atoms with Crippen LogP contribution in [0.2, 0.25) is 0 Å². The van der Waals surface area contributed by atoms with Crippen molar-refractivity contribution in [1.29, 1.82) is 0 Å². The first kappa shape index (κ1) is 16.2. The zero-order chi connectivity index (χ0) is 16.8. The van der Waals surface area contributed by atoms with Gasteiger partial charge in [-0.25, -0.2) is 4.98 Å². The molecule has 0 aliphatic carbocycles. The van der Waals surface area contributed by atoms with Crippen molar-refractivity contribution < 1.29 is 9.00 Å². The monoisotopic (exact) mass is 333 g/mol. The highest BCUT2D eigenvalue weighted by atomic mass is 32.2. The quantitative estimate of drug-likeness (QED) is 0.849. The second-order valence-electron chi connectivity index (χ2n) is 6.99. The van der Waals surface area contributed by atoms with Crippen LogP contribution in [0, 0.1) is 0 Å². The molecule has 1 aromatic carbocycles. The molecular weight excluding hydrogens is 310 g/mol. The Kier molecular flexibility index (Phi) is 4.04. The first-order valence-corrected chi connectivity index (χ1v) is 9.26. The van der Waals surface area contributed by atoms with Crippen molar-refractivity contribution in [3.05, 3.63) is 30.1 Å². The van der Waals surface area contributed by atoms with Crippen molar-refractivity contribution in [2.24, 2.45) is 0 Å². The molecular formula is C17H23N3O2S. The van der Waals surface area contributed by atoms with Gasteiger partial charge in [0.1, 0.15) is 0 Å². The van der Waals surface area contributed by atoms with Gasteiger partial charge in [0, 0.05) is 41.2 Å². The molecule has 1 amide bonds. The fraction of sp³-hybridized carbons (Fsp3) is 0.529. The molecule has 1 atom stereocenters. The minimum Gasteiger partial charge on any atom is -0.336 e. The molecule has 0 radical (unpaired) electrons. The largest absolute Gasteiger partial charge is 0.336 e. The summed E-state index contributed by atoms with van der Waals surface area (Å²) in [7, 11) is -0.878. The van der Waals surface area contributed by atoms with Crippen LogP contribution in [-0.2, 0) is 10.8 Å². The molecule has 6 heteroatoms. The van der Waals surface area contributed by atoms with E-state index in [1.807, 2.05) is 43.3 Å². The van der Waals surface area contributed by atoms with Gasteiger partial charge in [-0.2, -0.15) is 0 Å². The van der Waals surface area contributed by atoms with E-state index in [9.17, 15) is 9.00 Å². The Morgan fingerprint density at radius 2 is 2.09 bits per heavy atom. The second-order valence-corrected chi connectivity index (χ2v) is 9.19. The third-order valence-corrected chi connectivity index (χ3v) is 6.32. The van der Waals surface area contributed by atoms with E-state index in [-0.39, 0.29) is 10.7 Å². The number of fused-ring (bicyclic) bond motifs is 1. The number of carbonyl (C=O) groups is 1. The Hall–Kier alpha value is -1.69. The fourth-order valence-corrected chi connectivity index (χ4v) is 4.25. The molecule has 3 rings (SSSR count). The third-order valence-electron chi connectivity index (χ3n) is 4.40. The number of imidazole rings is 1. The van der Waals surface area contributed by atoms with Crippen LogP contribution < -0.4 is 0 Å². The van der Waals surface area contributed by atoms with Gasteiger partial charge >= 0.3 is 0 Å². The molecule has 0 N–H and O–H groups in total. The molecule has 1 saturated heterocycles. The van der Waals surface area contributed by atoms with Gasteiger partial charge in [-0.15, -0.1) is 0 Å². The standard InChI is InChI=1S/C17H23N3O2S/c1-12(2)20-11-18-14-9-13(5-6-15(14)20)16(21)19-7-8-23(22)17(3,4)10-19/h5-6,9,11-12H,7-8,10H2,1-4H3/t23-/m0/s1. The lowest BCUT2D eigenvalue weighted by Gasteiger charge is -2.37. The molecule has 23 heavy (non-hydrogen) atoms. The summed E-state index contributed by atoms with van der Waals surface area (Å²) in [6, 6.07) is 6.02. The number of nitrogens with zero attached hydrogens (tertiary/aromatic N) is 3. The Bertz CT molecular complexity index is 779. The molecule has 1 aliphatic heterocycles. The minimum absolute atomic E-state index is 0.00391. The Balaban J connectivity index is 1.88. The Labute approximate surface area is 139 Å². The molecule has 1 aromatic heterocycles. The highest BCUT2D eigenvalue weighted by molar-refractivity contribution is 7.86. The van der Waals surface area contributed by atoms with Gasteiger partial charge in [-0.1, -0.05) is 0 Å². The van der Waals surface area contributed by atoms with Crippen LogP contribution in [0.25, 0.3) is 11.0 Å². The molecule has 5 nitrogen and oxygen atoms in total. The predicted octanol–water partition coefficient (Wildman–Crippen LogP) is 2.60. The van der Waals surface area contributed by atoms with Crippen LogP contribution in [0.5, 0.6) is 0 Å². The van der Waals surface area contributed by atoms with Crippen LogP contribution in [0.3, 0.4) is 0 Å². The van der Waals surface area contributed by atoms with E-state index in [1.165, 1.54) is 0 Å². The Morgan fingerprint density at radius 3 is 2.74 bits per heavy atom. The fourth-order valence-electron chi connectivity index (χ4n) is 3.01. The van der Waals surface area contributed by atoms with E-state index in [1.54, 1.807) is 0 Å². The van der Waals surface area contributed by atoms with E-state index >= 15 is 0 Å². The zero-order valence-corrected chi connectivity index (χ0v) is 14.9. The normalized spacial score (nSPS) is 21.1. The van der Waals surface area contributed by atoms with Crippen molar-refractivity contribution in [3.8, 4) is 0 Å². The summed E-state index contributed by atoms with van der Waals surface area (Å²) in [6.45, 7) is 9.20. The van der Waals surface area contributed by atoms with Gasteiger partial charge in [0.05, 0.1) is 22.1 Å². The van der Waals surface area contributed by atoms with Gasteiger partial charge in [0.25, 0.3) is 5.91 Å². The highest BCUT2D eigenvalue weighted by Gasteiger charge is 2.35. The van der Waals surface area contributed by atoms with Crippen LogP contribution in [0.1, 0.15) is 44.1 Å². The van der Waals surface area contributed by atoms with Crippen molar-refractivity contribution in [3.63, 3.8) is 0 Å². The lowest BCUT2D eigenvalue weighted by atomic mass is 10.1. The maximum atomic E-state index is 12.8. The molecule has 0 bridgehead atoms. The average Bonchev–Trinajstić information content (AvgIpc) is 2.92. The van der Waals surface area contributed by atoms with Crippen molar-refractivity contribution >= 4 is 27.7 Å². The van der Waals surface area contributed by atoms with E-state index < -0.39 is 10.8 Å². The van der Waals surface area contributed by atoms with Crippen molar-refractivity contribution in [2.75, 3.05) is 18.8 Å². The van der Waals surface area contributed by atoms with Gasteiger partial charge in [0.15, 0.2) is 0 Å². The van der Waals surface area contributed by atoms with Crippen molar-refractivity contribution in [1.82, 2.24) is 14.5 Å². The summed E-state index contributed by atoms with van der Waals surface area (Å²) >= 11 is 0. The topological polar surface area (TPSA) is 55.2 Å². The summed E-state index contributed by atoms with van der Waals surface area (Å²) in [5, 5.41) is 0. The number of aromatic nitrogens is 2. The summed E-state index contributed by atoms with van der Waals surface area (Å²) < 4.78 is 13.8. The van der Waals surface area contributed by atoms with Crippen LogP contribution in [-0.4, -0.2) is 48.2 Å². The molecule has 1 aliphatic rings. The van der Waals surface area contributed by atoms with E-state index in [2.05, 4.69) is 23.4 Å². The maximum absolute atomic E-state index is 12.8. The predicted molar refractivity (Wildman–Crippen MR) is 93.1 cm³/mol. The number of hydrogen-bond acceptors (Lipinski definition) is 3. The summed E-state index contributed by atoms with van der Waals surface area (Å²) in [5.74, 6) is 0.541. The lowest BCUT2D eigenvalue weighted by Crippen LogP contribution is -2.52. The van der Waals surface area contributed by atoms with E-state index in [0.717, 1.165) is 11.0 Å². The number of rotatable bonds is 2. The number of carbonyl (C=O) groups excluding carboxylic acids is 1. The van der Waals surface area contributed by atoms with E-state index in [0.29, 0.717) is 30.4 Å². The molecule has 0 unspecified atom stereocenters. The smallest absolute Gasteiger partial charge is 0.254 e. The zero-order valence-electron chi connectivity index (χ0n) is 14.1. The summed E-state index contributed by atoms with van der Waals surface area (Å²) in [4.78, 5) is 19.0. The average molecular weight is 333 g/mol. The van der Waals surface area contributed by atoms with Crippen LogP contribution >= 0.6 is 0 Å². The SMILES string of the molecule is CC(C)n1cnc2cc(C(=O)N3CC[S@](=O)C(C)(C)C3)ccc21. The summed E-state index contributed by atoms with van der Waals surface area (Å²) in [6.07, 6.45) is 1.82. The molecule has 2 aromatic rings. The van der Waals surface area contributed by atoms with Gasteiger partial charge in [-0.3, -0.25) is 9.00 Å². The lowest BCUT2D eigenvalue weighted by molar-refractivity contribution is 0.0746. The van der Waals surface area contributed by atoms with Gasteiger partial charge in [-0.05, 0) is 45.9 Å². The van der Waals surface area contributed by atoms with Crippen molar-refractivity contribution in [2.45, 2.75) is 38.5 Å². The second kappa shape index (κ2) is 5.74. The van der Waals surface area contributed by atoms with Crippen LogP contribution in [0.15, 0.2) is 24.5 Å². The van der Waals surface area contributed by atoms with Crippen LogP contribution in [0.4, 0.5) is 0 Å². The number of amides is 1. The Morgan fingerprint density at radius 1 is 1.35 bits per heavy atom. The first-order valence-electron chi connectivity index (χ1n) is 7.94. The number of benzene rings is 1. The molecule has 2 heterocycles. The molecule has 0 saturated carbocycles. The highest BCUT2D eigenvalue weighted by Crippen LogP contribution is 2.23. The van der Waals surface area contributed by atoms with Gasteiger partial charge in [0.2, 0.25) is 0 Å². The third kappa shape index (κ3) is 2.92. The molecule has 0 spiro atoms.